The largest absolute Gasteiger partial charge is 0.508 e. The molecule has 2 aliphatic rings. The third-order valence-corrected chi connectivity index (χ3v) is 8.35. The molecule has 196 valence electrons. The average Bonchev–Trinajstić information content (AvgIpc) is 2.85. The zero-order chi connectivity index (χ0) is 25.9. The minimum atomic E-state index is -0.847. The molecule has 0 atom stereocenters. The highest BCUT2D eigenvalue weighted by atomic mass is 19.1. The molecule has 0 spiro atoms. The second-order valence-corrected chi connectivity index (χ2v) is 11.1. The van der Waals surface area contributed by atoms with Gasteiger partial charge >= 0.3 is 6.16 Å². The molecular formula is C29H38F2N2O3. The molecule has 5 nitrogen and oxygen atoms in total. The van der Waals surface area contributed by atoms with Crippen LogP contribution in [-0.4, -0.2) is 6.16 Å². The van der Waals surface area contributed by atoms with Crippen LogP contribution in [0.5, 0.6) is 0 Å². The summed E-state index contributed by atoms with van der Waals surface area (Å²) in [4.78, 5) is 12.6. The smallest absolute Gasteiger partial charge is 0.429 e. The lowest BCUT2D eigenvalue weighted by Crippen LogP contribution is -2.27. The summed E-state index contributed by atoms with van der Waals surface area (Å²) < 4.78 is 39.6. The molecule has 0 saturated heterocycles. The first-order chi connectivity index (χ1) is 17.1. The zero-order valence-electron chi connectivity index (χ0n) is 21.4. The number of benzene rings is 2. The van der Waals surface area contributed by atoms with Gasteiger partial charge in [0.25, 0.3) is 0 Å². The van der Waals surface area contributed by atoms with Crippen molar-refractivity contribution in [1.29, 1.82) is 0 Å². The van der Waals surface area contributed by atoms with Crippen molar-refractivity contribution in [1.82, 2.24) is 0 Å². The van der Waals surface area contributed by atoms with Crippen LogP contribution in [-0.2, 0) is 33.5 Å². The van der Waals surface area contributed by atoms with Crippen LogP contribution < -0.4 is 11.5 Å². The van der Waals surface area contributed by atoms with Gasteiger partial charge in [0.2, 0.25) is 0 Å². The number of carbonyl (C=O) groups is 1. The molecule has 4 rings (SSSR count). The number of carbonyl (C=O) groups excluding carboxylic acids is 1. The first-order valence-corrected chi connectivity index (χ1v) is 13.1. The Kier molecular flexibility index (Phi) is 7.76. The Balaban J connectivity index is 1.47. The van der Waals surface area contributed by atoms with Gasteiger partial charge in [-0.25, -0.2) is 13.6 Å². The SMILES string of the molecule is CC1(c2cc(F)c(N)cc2COC(=O)OCc2cc(N)c(F)cc2C2(C)CCCCC2)CCCCC1. The maximum Gasteiger partial charge on any atom is 0.508 e. The van der Waals surface area contributed by atoms with Crippen molar-refractivity contribution in [3.8, 4) is 0 Å². The Bertz CT molecular complexity index is 1020. The van der Waals surface area contributed by atoms with Crippen molar-refractivity contribution >= 4 is 17.5 Å². The zero-order valence-corrected chi connectivity index (χ0v) is 21.4. The fourth-order valence-corrected chi connectivity index (χ4v) is 6.15. The molecule has 0 amide bonds. The van der Waals surface area contributed by atoms with Gasteiger partial charge in [0.15, 0.2) is 0 Å². The predicted octanol–water partition coefficient (Wildman–Crippen LogP) is 7.43. The summed E-state index contributed by atoms with van der Waals surface area (Å²) in [6.07, 6.45) is 9.57. The van der Waals surface area contributed by atoms with E-state index in [0.717, 1.165) is 62.5 Å². The first-order valence-electron chi connectivity index (χ1n) is 13.1. The monoisotopic (exact) mass is 500 g/mol. The standard InChI is InChI=1S/C29H38F2N2O3/c1-28(9-5-3-6-10-28)21-15-23(30)25(32)13-19(21)17-35-27(34)36-18-20-14-26(33)24(31)16-22(20)29(2)11-7-4-8-12-29/h13-16H,3-12,17-18,32-33H2,1-2H3. The number of hydrogen-bond donors (Lipinski definition) is 2. The summed E-state index contributed by atoms with van der Waals surface area (Å²) in [5.41, 5.74) is 14.4. The van der Waals surface area contributed by atoms with Gasteiger partial charge in [-0.15, -0.1) is 0 Å². The third-order valence-electron chi connectivity index (χ3n) is 8.35. The van der Waals surface area contributed by atoms with Crippen LogP contribution in [0.2, 0.25) is 0 Å². The van der Waals surface area contributed by atoms with E-state index in [1.54, 1.807) is 12.1 Å². The lowest BCUT2D eigenvalue weighted by atomic mass is 9.69. The quantitative estimate of drug-likeness (QED) is 0.318. The molecule has 2 aliphatic carbocycles. The maximum absolute atomic E-state index is 14.4. The van der Waals surface area contributed by atoms with Crippen molar-refractivity contribution < 1.29 is 23.0 Å². The van der Waals surface area contributed by atoms with Gasteiger partial charge in [-0.3, -0.25) is 0 Å². The predicted molar refractivity (Wildman–Crippen MR) is 137 cm³/mol. The molecule has 0 bridgehead atoms. The van der Waals surface area contributed by atoms with Gasteiger partial charge in [0.05, 0.1) is 11.4 Å². The molecule has 0 radical (unpaired) electrons. The van der Waals surface area contributed by atoms with E-state index in [1.165, 1.54) is 25.0 Å². The van der Waals surface area contributed by atoms with Crippen LogP contribution in [0, 0.1) is 11.6 Å². The van der Waals surface area contributed by atoms with Gasteiger partial charge in [0.1, 0.15) is 24.8 Å². The summed E-state index contributed by atoms with van der Waals surface area (Å²) in [5, 5.41) is 0. The molecule has 2 saturated carbocycles. The Hall–Kier alpha value is -2.83. The Morgan fingerprint density at radius 3 is 1.44 bits per heavy atom. The van der Waals surface area contributed by atoms with Gasteiger partial charge in [-0.2, -0.15) is 0 Å². The van der Waals surface area contributed by atoms with Crippen LogP contribution in [0.15, 0.2) is 24.3 Å². The first kappa shape index (κ1) is 26.2. The molecule has 7 heteroatoms. The van der Waals surface area contributed by atoms with Crippen LogP contribution in [0.3, 0.4) is 0 Å². The maximum atomic E-state index is 14.4. The van der Waals surface area contributed by atoms with Crippen molar-refractivity contribution in [2.24, 2.45) is 0 Å². The molecule has 36 heavy (non-hydrogen) atoms. The van der Waals surface area contributed by atoms with E-state index >= 15 is 0 Å². The summed E-state index contributed by atoms with van der Waals surface area (Å²) in [5.74, 6) is -0.915. The van der Waals surface area contributed by atoms with E-state index < -0.39 is 17.8 Å². The molecule has 2 aromatic carbocycles. The number of anilines is 2. The van der Waals surface area contributed by atoms with Gasteiger partial charge in [-0.1, -0.05) is 52.4 Å². The summed E-state index contributed by atoms with van der Waals surface area (Å²) in [6, 6.07) is 6.09. The molecule has 2 fully saturated rings. The molecule has 4 N–H and O–H groups in total. The highest BCUT2D eigenvalue weighted by Gasteiger charge is 2.33. The number of nitrogens with two attached hydrogens (primary N) is 2. The van der Waals surface area contributed by atoms with Gasteiger partial charge in [-0.05, 0) is 83.0 Å². The average molecular weight is 501 g/mol. The van der Waals surface area contributed by atoms with E-state index in [1.807, 2.05) is 0 Å². The number of nitrogen functional groups attached to an aromatic ring is 2. The fourth-order valence-electron chi connectivity index (χ4n) is 6.15. The normalized spacial score (nSPS) is 19.0. The van der Waals surface area contributed by atoms with Crippen molar-refractivity contribution in [2.75, 3.05) is 11.5 Å². The van der Waals surface area contributed by atoms with Crippen molar-refractivity contribution in [3.63, 3.8) is 0 Å². The Morgan fingerprint density at radius 2 is 1.08 bits per heavy atom. The summed E-state index contributed by atoms with van der Waals surface area (Å²) >= 11 is 0. The van der Waals surface area contributed by atoms with E-state index in [9.17, 15) is 13.6 Å². The van der Waals surface area contributed by atoms with Gasteiger partial charge in [0, 0.05) is 0 Å². The number of halogens is 2. The highest BCUT2D eigenvalue weighted by molar-refractivity contribution is 5.61. The summed E-state index contributed by atoms with van der Waals surface area (Å²) in [7, 11) is 0. The minimum absolute atomic E-state index is 0.0253. The van der Waals surface area contributed by atoms with Crippen LogP contribution >= 0.6 is 0 Å². The van der Waals surface area contributed by atoms with Crippen LogP contribution in [0.1, 0.15) is 100 Å². The molecular weight excluding hydrogens is 462 g/mol. The Morgan fingerprint density at radius 1 is 0.722 bits per heavy atom. The number of rotatable bonds is 6. The van der Waals surface area contributed by atoms with Gasteiger partial charge < -0.3 is 20.9 Å². The van der Waals surface area contributed by atoms with Crippen molar-refractivity contribution in [3.05, 3.63) is 58.2 Å². The van der Waals surface area contributed by atoms with E-state index in [4.69, 9.17) is 20.9 Å². The Labute approximate surface area is 212 Å². The van der Waals surface area contributed by atoms with E-state index in [2.05, 4.69) is 13.8 Å². The summed E-state index contributed by atoms with van der Waals surface area (Å²) in [6.45, 7) is 4.13. The second kappa shape index (κ2) is 10.7. The third kappa shape index (κ3) is 5.60. The highest BCUT2D eigenvalue weighted by Crippen LogP contribution is 2.43. The van der Waals surface area contributed by atoms with E-state index in [-0.39, 0.29) is 35.4 Å². The lowest BCUT2D eigenvalue weighted by molar-refractivity contribution is 0.0437. The molecule has 0 aliphatic heterocycles. The van der Waals surface area contributed by atoms with Crippen LogP contribution in [0.25, 0.3) is 0 Å². The topological polar surface area (TPSA) is 87.6 Å². The molecule has 2 aromatic rings. The number of ether oxygens (including phenoxy) is 2. The lowest BCUT2D eigenvalue weighted by Gasteiger charge is -2.36. The second-order valence-electron chi connectivity index (χ2n) is 11.1. The molecule has 0 heterocycles. The number of hydrogen-bond acceptors (Lipinski definition) is 5. The molecule has 0 unspecified atom stereocenters. The van der Waals surface area contributed by atoms with E-state index in [0.29, 0.717) is 11.1 Å². The van der Waals surface area contributed by atoms with Crippen molar-refractivity contribution in [2.45, 2.75) is 102 Å². The minimum Gasteiger partial charge on any atom is -0.429 e. The fraction of sp³-hybridized carbons (Fsp3) is 0.552. The van der Waals surface area contributed by atoms with Crippen LogP contribution in [0.4, 0.5) is 25.0 Å². The molecule has 0 aromatic heterocycles.